The highest BCUT2D eigenvalue weighted by atomic mass is 16.2. The molecule has 0 aliphatic heterocycles. The lowest BCUT2D eigenvalue weighted by Crippen LogP contribution is -2.40. The van der Waals surface area contributed by atoms with Crippen LogP contribution in [-0.2, 0) is 4.79 Å². The molecule has 124 valence electrons. The molecule has 0 saturated carbocycles. The van der Waals surface area contributed by atoms with Crippen molar-refractivity contribution in [2.75, 3.05) is 0 Å². The van der Waals surface area contributed by atoms with Gasteiger partial charge in [-0.1, -0.05) is 60.2 Å². The van der Waals surface area contributed by atoms with Gasteiger partial charge in [0.05, 0.1) is 0 Å². The molecular weight excluding hydrogens is 312 g/mol. The Hall–Kier alpha value is -3.40. The quantitative estimate of drug-likeness (QED) is 0.569. The van der Waals surface area contributed by atoms with Crippen LogP contribution in [0.15, 0.2) is 72.8 Å². The Morgan fingerprint density at radius 1 is 0.840 bits per heavy atom. The fourth-order valence-electron chi connectivity index (χ4n) is 2.50. The maximum absolute atomic E-state index is 12.0. The molecule has 0 aliphatic rings. The van der Waals surface area contributed by atoms with E-state index in [0.717, 1.165) is 21.9 Å². The molecular formula is C21H18N2O2. The molecule has 0 atom stereocenters. The third kappa shape index (κ3) is 4.12. The maximum atomic E-state index is 12.0. The van der Waals surface area contributed by atoms with E-state index in [1.807, 2.05) is 61.5 Å². The number of carbonyl (C=O) groups excluding carboxylic acids is 2. The first-order valence-corrected chi connectivity index (χ1v) is 7.96. The van der Waals surface area contributed by atoms with Gasteiger partial charge in [0, 0.05) is 11.6 Å². The summed E-state index contributed by atoms with van der Waals surface area (Å²) in [6.07, 6.45) is 3.13. The van der Waals surface area contributed by atoms with Gasteiger partial charge in [0.25, 0.3) is 11.8 Å². The minimum absolute atomic E-state index is 0.355. The van der Waals surface area contributed by atoms with E-state index in [1.54, 1.807) is 18.2 Å². The summed E-state index contributed by atoms with van der Waals surface area (Å²) in [6, 6.07) is 21.0. The van der Waals surface area contributed by atoms with Crippen LogP contribution in [0.25, 0.3) is 16.8 Å². The van der Waals surface area contributed by atoms with Crippen molar-refractivity contribution in [3.8, 4) is 0 Å². The number of hydrogen-bond donors (Lipinski definition) is 2. The minimum Gasteiger partial charge on any atom is -0.268 e. The van der Waals surface area contributed by atoms with E-state index < -0.39 is 5.91 Å². The van der Waals surface area contributed by atoms with Crippen LogP contribution >= 0.6 is 0 Å². The van der Waals surface area contributed by atoms with Crippen LogP contribution in [0.3, 0.4) is 0 Å². The van der Waals surface area contributed by atoms with Gasteiger partial charge in [0.1, 0.15) is 0 Å². The Morgan fingerprint density at radius 2 is 1.56 bits per heavy atom. The van der Waals surface area contributed by atoms with Gasteiger partial charge in [0.2, 0.25) is 0 Å². The van der Waals surface area contributed by atoms with Crippen molar-refractivity contribution in [1.29, 1.82) is 0 Å². The van der Waals surface area contributed by atoms with E-state index in [0.29, 0.717) is 5.56 Å². The van der Waals surface area contributed by atoms with Crippen molar-refractivity contribution < 1.29 is 9.59 Å². The predicted octanol–water partition coefficient (Wildman–Crippen LogP) is 3.62. The first-order valence-electron chi connectivity index (χ1n) is 7.96. The van der Waals surface area contributed by atoms with Gasteiger partial charge < -0.3 is 0 Å². The van der Waals surface area contributed by atoms with Crippen molar-refractivity contribution in [2.24, 2.45) is 0 Å². The van der Waals surface area contributed by atoms with Gasteiger partial charge in [-0.05, 0) is 41.5 Å². The van der Waals surface area contributed by atoms with E-state index >= 15 is 0 Å². The number of aryl methyl sites for hydroxylation is 1. The van der Waals surface area contributed by atoms with Crippen LogP contribution in [0, 0.1) is 6.92 Å². The number of benzene rings is 3. The number of carbonyl (C=O) groups is 2. The Bertz CT molecular complexity index is 938. The molecule has 25 heavy (non-hydrogen) atoms. The summed E-state index contributed by atoms with van der Waals surface area (Å²) >= 11 is 0. The topological polar surface area (TPSA) is 58.2 Å². The summed E-state index contributed by atoms with van der Waals surface area (Å²) in [5, 5.41) is 2.18. The average molecular weight is 330 g/mol. The van der Waals surface area contributed by atoms with Crippen LogP contribution in [0.5, 0.6) is 0 Å². The number of hydrogen-bond acceptors (Lipinski definition) is 2. The van der Waals surface area contributed by atoms with Crippen LogP contribution in [-0.4, -0.2) is 11.8 Å². The molecule has 3 aromatic carbocycles. The minimum atomic E-state index is -0.395. The molecule has 0 radical (unpaired) electrons. The zero-order valence-electron chi connectivity index (χ0n) is 13.8. The summed E-state index contributed by atoms with van der Waals surface area (Å²) in [5.74, 6) is -0.750. The lowest BCUT2D eigenvalue weighted by atomic mass is 10.0. The number of amides is 2. The summed E-state index contributed by atoms with van der Waals surface area (Å²) in [6.45, 7) is 1.95. The largest absolute Gasteiger partial charge is 0.269 e. The lowest BCUT2D eigenvalue weighted by Gasteiger charge is -2.06. The SMILES string of the molecule is Cc1ccc(C(=O)NNC(=O)C=Cc2cccc3ccccc23)cc1. The van der Waals surface area contributed by atoms with E-state index in [2.05, 4.69) is 10.9 Å². The molecule has 4 heteroatoms. The highest BCUT2D eigenvalue weighted by molar-refractivity contribution is 5.99. The fraction of sp³-hybridized carbons (Fsp3) is 0.0476. The van der Waals surface area contributed by atoms with Crippen molar-refractivity contribution in [3.05, 3.63) is 89.5 Å². The molecule has 0 unspecified atom stereocenters. The standard InChI is InChI=1S/C21H18N2O2/c1-15-9-11-18(12-10-15)21(25)23-22-20(24)14-13-17-7-4-6-16-5-2-3-8-19(16)17/h2-14H,1H3,(H,22,24)(H,23,25). The van der Waals surface area contributed by atoms with Gasteiger partial charge >= 0.3 is 0 Å². The molecule has 0 spiro atoms. The van der Waals surface area contributed by atoms with E-state index in [9.17, 15) is 9.59 Å². The second-order valence-corrected chi connectivity index (χ2v) is 5.71. The molecule has 4 nitrogen and oxygen atoms in total. The van der Waals surface area contributed by atoms with Gasteiger partial charge in [0.15, 0.2) is 0 Å². The zero-order valence-corrected chi connectivity index (χ0v) is 13.8. The van der Waals surface area contributed by atoms with E-state index in [-0.39, 0.29) is 5.91 Å². The molecule has 0 fully saturated rings. The predicted molar refractivity (Wildman–Crippen MR) is 99.8 cm³/mol. The Balaban J connectivity index is 1.63. The molecule has 2 N–H and O–H groups in total. The third-order valence-electron chi connectivity index (χ3n) is 3.85. The number of nitrogens with one attached hydrogen (secondary N) is 2. The normalized spacial score (nSPS) is 10.8. The Morgan fingerprint density at radius 3 is 2.36 bits per heavy atom. The summed E-state index contributed by atoms with van der Waals surface area (Å²) in [7, 11) is 0. The zero-order chi connectivity index (χ0) is 17.6. The maximum Gasteiger partial charge on any atom is 0.269 e. The molecule has 0 aliphatic carbocycles. The summed E-state index contributed by atoms with van der Waals surface area (Å²) in [4.78, 5) is 23.9. The fourth-order valence-corrected chi connectivity index (χ4v) is 2.50. The van der Waals surface area contributed by atoms with Crippen LogP contribution in [0.2, 0.25) is 0 Å². The Labute approximate surface area is 146 Å². The number of rotatable bonds is 3. The number of hydrazine groups is 1. The van der Waals surface area contributed by atoms with Crippen molar-refractivity contribution in [2.45, 2.75) is 6.92 Å². The summed E-state index contributed by atoms with van der Waals surface area (Å²) < 4.78 is 0. The van der Waals surface area contributed by atoms with Gasteiger partial charge in [-0.25, -0.2) is 0 Å². The molecule has 0 heterocycles. The molecule has 0 saturated heterocycles. The van der Waals surface area contributed by atoms with Crippen molar-refractivity contribution in [1.82, 2.24) is 10.9 Å². The smallest absolute Gasteiger partial charge is 0.268 e. The number of fused-ring (bicyclic) bond motifs is 1. The van der Waals surface area contributed by atoms with Crippen molar-refractivity contribution >= 4 is 28.7 Å². The molecule has 0 aromatic heterocycles. The highest BCUT2D eigenvalue weighted by Gasteiger charge is 2.05. The van der Waals surface area contributed by atoms with E-state index in [4.69, 9.17) is 0 Å². The van der Waals surface area contributed by atoms with Gasteiger partial charge in [-0.3, -0.25) is 20.4 Å². The van der Waals surface area contributed by atoms with Crippen LogP contribution in [0.4, 0.5) is 0 Å². The van der Waals surface area contributed by atoms with Crippen molar-refractivity contribution in [3.63, 3.8) is 0 Å². The van der Waals surface area contributed by atoms with Crippen LogP contribution in [0.1, 0.15) is 21.5 Å². The third-order valence-corrected chi connectivity index (χ3v) is 3.85. The average Bonchev–Trinajstić information content (AvgIpc) is 2.65. The lowest BCUT2D eigenvalue weighted by molar-refractivity contribution is -0.117. The first-order chi connectivity index (χ1) is 12.1. The molecule has 3 aromatic rings. The highest BCUT2D eigenvalue weighted by Crippen LogP contribution is 2.19. The van der Waals surface area contributed by atoms with Crippen LogP contribution < -0.4 is 10.9 Å². The molecule has 0 bridgehead atoms. The summed E-state index contributed by atoms with van der Waals surface area (Å²) in [5.41, 5.74) is 7.29. The van der Waals surface area contributed by atoms with Gasteiger partial charge in [-0.15, -0.1) is 0 Å². The molecule has 3 rings (SSSR count). The molecule has 2 amide bonds. The monoisotopic (exact) mass is 330 g/mol. The second kappa shape index (κ2) is 7.45. The van der Waals surface area contributed by atoms with Gasteiger partial charge in [-0.2, -0.15) is 0 Å². The van der Waals surface area contributed by atoms with E-state index in [1.165, 1.54) is 6.08 Å². The second-order valence-electron chi connectivity index (χ2n) is 5.71. The first kappa shape index (κ1) is 16.5. The Kier molecular flexibility index (Phi) is 4.90.